The molecule has 0 aliphatic heterocycles. The van der Waals surface area contributed by atoms with E-state index in [1.807, 2.05) is 60.7 Å². The molecule has 10 rings (SSSR count). The number of fused-ring (bicyclic) bond motifs is 8. The quantitative estimate of drug-likeness (QED) is 0.200. The van der Waals surface area contributed by atoms with Crippen molar-refractivity contribution in [1.29, 1.82) is 0 Å². The average molecular weight is 593 g/mol. The van der Waals surface area contributed by atoms with E-state index in [1.165, 1.54) is 27.9 Å². The van der Waals surface area contributed by atoms with Crippen LogP contribution in [0.4, 0.5) is 0 Å². The first kappa shape index (κ1) is 25.5. The second kappa shape index (κ2) is 9.85. The van der Waals surface area contributed by atoms with E-state index in [2.05, 4.69) is 83.3 Å². The summed E-state index contributed by atoms with van der Waals surface area (Å²) >= 11 is 0. The number of hydrogen-bond donors (Lipinski definition) is 0. The second-order valence-electron chi connectivity index (χ2n) is 12.4. The van der Waals surface area contributed by atoms with Gasteiger partial charge in [-0.05, 0) is 29.5 Å². The second-order valence-corrected chi connectivity index (χ2v) is 12.4. The van der Waals surface area contributed by atoms with Gasteiger partial charge in [-0.2, -0.15) is 0 Å². The molecule has 3 aromatic heterocycles. The SMILES string of the molecule is c1ccc(-c2nc(-c3ccccc3)nc(-c3ccc(-c4c5ccccc5n5c6c(oc45)C4CC(c5ccccc5)C64)cc3)n2)cc1. The Morgan fingerprint density at radius 1 is 0.522 bits per heavy atom. The number of benzene rings is 5. The van der Waals surface area contributed by atoms with Gasteiger partial charge in [0.05, 0.1) is 16.8 Å². The van der Waals surface area contributed by atoms with Crippen LogP contribution in [0, 0.1) is 0 Å². The van der Waals surface area contributed by atoms with Crippen LogP contribution < -0.4 is 0 Å². The standard InChI is InChI=1S/C41H28N4O/c1-4-12-25(13-5-1)31-24-32-35(31)36-37(32)46-41-34(30-18-10-11-19-33(30)45(36)41)26-20-22-29(23-21-26)40-43-38(27-14-6-2-7-15-27)42-39(44-40)28-16-8-3-9-17-28/h1-23,31-32,35H,24H2. The Bertz CT molecular complexity index is 2340. The van der Waals surface area contributed by atoms with Gasteiger partial charge >= 0.3 is 0 Å². The van der Waals surface area contributed by atoms with Crippen molar-refractivity contribution in [3.8, 4) is 45.3 Å². The van der Waals surface area contributed by atoms with Crippen molar-refractivity contribution in [2.75, 3.05) is 0 Å². The molecule has 3 unspecified atom stereocenters. The van der Waals surface area contributed by atoms with E-state index in [0.29, 0.717) is 35.2 Å². The lowest BCUT2D eigenvalue weighted by atomic mass is 9.53. The van der Waals surface area contributed by atoms with Gasteiger partial charge < -0.3 is 4.42 Å². The predicted molar refractivity (Wildman–Crippen MR) is 182 cm³/mol. The molecule has 46 heavy (non-hydrogen) atoms. The number of hydrogen-bond acceptors (Lipinski definition) is 4. The fourth-order valence-corrected chi connectivity index (χ4v) is 7.65. The molecule has 5 nitrogen and oxygen atoms in total. The molecule has 1 saturated carbocycles. The Morgan fingerprint density at radius 2 is 1.04 bits per heavy atom. The van der Waals surface area contributed by atoms with Crippen molar-refractivity contribution in [2.24, 2.45) is 0 Å². The maximum atomic E-state index is 6.75. The Kier molecular flexibility index (Phi) is 5.46. The van der Waals surface area contributed by atoms with Gasteiger partial charge in [-0.1, -0.05) is 133 Å². The summed E-state index contributed by atoms with van der Waals surface area (Å²) in [7, 11) is 0. The first-order valence-corrected chi connectivity index (χ1v) is 15.9. The summed E-state index contributed by atoms with van der Waals surface area (Å²) in [6, 6.07) is 48.4. The lowest BCUT2D eigenvalue weighted by Gasteiger charge is -2.51. The molecule has 8 aromatic rings. The minimum atomic E-state index is 0.506. The third kappa shape index (κ3) is 3.72. The van der Waals surface area contributed by atoms with Gasteiger partial charge in [0.2, 0.25) is 5.71 Å². The highest BCUT2D eigenvalue weighted by Crippen LogP contribution is 2.68. The smallest absolute Gasteiger partial charge is 0.213 e. The van der Waals surface area contributed by atoms with Gasteiger partial charge in [-0.25, -0.2) is 15.0 Å². The Morgan fingerprint density at radius 3 is 1.67 bits per heavy atom. The molecule has 0 N–H and O–H groups in total. The number of rotatable bonds is 5. The molecule has 5 aromatic carbocycles. The van der Waals surface area contributed by atoms with E-state index < -0.39 is 0 Å². The molecule has 0 bridgehead atoms. The van der Waals surface area contributed by atoms with Crippen LogP contribution in [0.5, 0.6) is 0 Å². The molecule has 5 heteroatoms. The van der Waals surface area contributed by atoms with Gasteiger partial charge in [-0.3, -0.25) is 4.40 Å². The van der Waals surface area contributed by atoms with Gasteiger partial charge in [0.25, 0.3) is 0 Å². The predicted octanol–water partition coefficient (Wildman–Crippen LogP) is 9.91. The van der Waals surface area contributed by atoms with Gasteiger partial charge in [-0.15, -0.1) is 0 Å². The lowest BCUT2D eigenvalue weighted by molar-refractivity contribution is 0.197. The number of nitrogens with zero attached hydrogens (tertiary/aromatic N) is 4. The third-order valence-electron chi connectivity index (χ3n) is 9.92. The number of aromatic nitrogens is 4. The average Bonchev–Trinajstić information content (AvgIpc) is 3.61. The third-order valence-corrected chi connectivity index (χ3v) is 9.92. The monoisotopic (exact) mass is 592 g/mol. The van der Waals surface area contributed by atoms with E-state index in [-0.39, 0.29) is 0 Å². The molecule has 1 fully saturated rings. The fourth-order valence-electron chi connectivity index (χ4n) is 7.65. The van der Waals surface area contributed by atoms with Crippen LogP contribution in [0.3, 0.4) is 0 Å². The Hall–Kier alpha value is -5.81. The van der Waals surface area contributed by atoms with Crippen LogP contribution in [-0.2, 0) is 0 Å². The summed E-state index contributed by atoms with van der Waals surface area (Å²) in [5.41, 5.74) is 10.0. The molecule has 0 amide bonds. The largest absolute Gasteiger partial charge is 0.442 e. The van der Waals surface area contributed by atoms with E-state index in [0.717, 1.165) is 40.0 Å². The first-order valence-electron chi connectivity index (χ1n) is 15.9. The van der Waals surface area contributed by atoms with E-state index in [4.69, 9.17) is 19.4 Å². The Balaban J connectivity index is 1.08. The number of oxazole rings is 1. The molecule has 0 saturated heterocycles. The van der Waals surface area contributed by atoms with Crippen molar-refractivity contribution >= 4 is 16.6 Å². The molecule has 0 radical (unpaired) electrons. The van der Waals surface area contributed by atoms with E-state index >= 15 is 0 Å². The summed E-state index contributed by atoms with van der Waals surface area (Å²) in [5.74, 6) is 4.70. The Labute approximate surface area is 265 Å². The highest BCUT2D eigenvalue weighted by Gasteiger charge is 2.57. The summed E-state index contributed by atoms with van der Waals surface area (Å²) in [4.78, 5) is 14.7. The van der Waals surface area contributed by atoms with Gasteiger partial charge in [0, 0.05) is 33.9 Å². The number of para-hydroxylation sites is 1. The molecular weight excluding hydrogens is 564 g/mol. The first-order chi connectivity index (χ1) is 22.8. The van der Waals surface area contributed by atoms with Crippen LogP contribution in [0.2, 0.25) is 0 Å². The van der Waals surface area contributed by atoms with Gasteiger partial charge in [0.1, 0.15) is 5.76 Å². The topological polar surface area (TPSA) is 56.2 Å². The van der Waals surface area contributed by atoms with Crippen LogP contribution in [0.25, 0.3) is 61.9 Å². The summed E-state index contributed by atoms with van der Waals surface area (Å²) in [6.07, 6.45) is 1.15. The minimum absolute atomic E-state index is 0.506. The molecular formula is C41H28N4O. The maximum absolute atomic E-state index is 6.75. The summed E-state index contributed by atoms with van der Waals surface area (Å²) < 4.78 is 9.15. The maximum Gasteiger partial charge on any atom is 0.213 e. The van der Waals surface area contributed by atoms with E-state index in [1.54, 1.807) is 0 Å². The van der Waals surface area contributed by atoms with Crippen molar-refractivity contribution < 1.29 is 4.42 Å². The highest BCUT2D eigenvalue weighted by molar-refractivity contribution is 6.04. The van der Waals surface area contributed by atoms with Crippen molar-refractivity contribution in [1.82, 2.24) is 19.4 Å². The fraction of sp³-hybridized carbons (Fsp3) is 0.0976. The molecule has 3 heterocycles. The normalized spacial score (nSPS) is 18.1. The van der Waals surface area contributed by atoms with Crippen molar-refractivity contribution in [3.05, 3.63) is 157 Å². The van der Waals surface area contributed by atoms with E-state index in [9.17, 15) is 0 Å². The molecule has 2 aliphatic rings. The summed E-state index contributed by atoms with van der Waals surface area (Å²) in [5, 5.41) is 1.20. The highest BCUT2D eigenvalue weighted by atomic mass is 16.4. The molecule has 218 valence electrons. The molecule has 0 spiro atoms. The van der Waals surface area contributed by atoms with Crippen LogP contribution in [0.15, 0.2) is 144 Å². The lowest BCUT2D eigenvalue weighted by Crippen LogP contribution is -2.40. The molecule has 3 atom stereocenters. The molecule has 2 aliphatic carbocycles. The summed E-state index contributed by atoms with van der Waals surface area (Å²) in [6.45, 7) is 0. The van der Waals surface area contributed by atoms with Crippen LogP contribution in [0.1, 0.15) is 41.2 Å². The van der Waals surface area contributed by atoms with Crippen molar-refractivity contribution in [3.63, 3.8) is 0 Å². The zero-order chi connectivity index (χ0) is 30.2. The van der Waals surface area contributed by atoms with Crippen LogP contribution >= 0.6 is 0 Å². The zero-order valence-corrected chi connectivity index (χ0v) is 24.9. The van der Waals surface area contributed by atoms with Crippen molar-refractivity contribution in [2.45, 2.75) is 24.2 Å². The van der Waals surface area contributed by atoms with Crippen LogP contribution in [-0.4, -0.2) is 19.4 Å². The van der Waals surface area contributed by atoms with Gasteiger partial charge in [0.15, 0.2) is 17.5 Å². The zero-order valence-electron chi connectivity index (χ0n) is 24.9. The minimum Gasteiger partial charge on any atom is -0.442 e.